The molecule has 2 aromatic carbocycles. The Bertz CT molecular complexity index is 1480. The monoisotopic (exact) mass is 608 g/mol. The Labute approximate surface area is 256 Å². The number of likely N-dealkylation sites (N-methyl/N-ethyl adjacent to an activating group) is 1. The molecule has 44 heavy (non-hydrogen) atoms. The van der Waals surface area contributed by atoms with Crippen LogP contribution < -0.4 is 25.3 Å². The van der Waals surface area contributed by atoms with Crippen molar-refractivity contribution in [1.82, 2.24) is 19.8 Å². The summed E-state index contributed by atoms with van der Waals surface area (Å²) >= 11 is 0. The maximum atomic E-state index is 14.6. The number of nitrogens with zero attached hydrogens (tertiary/aromatic N) is 6. The number of piperazine rings is 1. The smallest absolute Gasteiger partial charge is 0.247 e. The van der Waals surface area contributed by atoms with Crippen LogP contribution >= 0.6 is 0 Å². The highest BCUT2D eigenvalue weighted by atomic mass is 19.1. The second kappa shape index (κ2) is 14.0. The van der Waals surface area contributed by atoms with E-state index in [2.05, 4.69) is 56.0 Å². The van der Waals surface area contributed by atoms with E-state index in [1.54, 1.807) is 19.2 Å². The molecule has 1 unspecified atom stereocenters. The van der Waals surface area contributed by atoms with Crippen LogP contribution in [-0.4, -0.2) is 92.8 Å². The van der Waals surface area contributed by atoms with Gasteiger partial charge in [0.2, 0.25) is 5.91 Å². The number of amides is 1. The summed E-state index contributed by atoms with van der Waals surface area (Å²) in [4.78, 5) is 33.8. The fourth-order valence-electron chi connectivity index (χ4n) is 5.36. The third-order valence-electron chi connectivity index (χ3n) is 7.70. The predicted molar refractivity (Wildman–Crippen MR) is 166 cm³/mol. The zero-order valence-electron chi connectivity index (χ0n) is 25.2. The molecule has 13 heteroatoms. The molecule has 2 fully saturated rings. The van der Waals surface area contributed by atoms with E-state index >= 15 is 0 Å². The average Bonchev–Trinajstić information content (AvgIpc) is 3.50. The SMILES string of the molecule is C=CC(=O)Nc1cc(Nc2cc(N3OCCC3c3ccc(F)cc3F)ncn2)c(OC)cc1N1CCN(CCN(C)C)CC1. The van der Waals surface area contributed by atoms with Crippen molar-refractivity contribution in [1.29, 1.82) is 0 Å². The first-order valence-corrected chi connectivity index (χ1v) is 14.5. The zero-order valence-corrected chi connectivity index (χ0v) is 25.2. The van der Waals surface area contributed by atoms with Crippen molar-refractivity contribution in [2.24, 2.45) is 0 Å². The maximum Gasteiger partial charge on any atom is 0.247 e. The summed E-state index contributed by atoms with van der Waals surface area (Å²) in [6.45, 7) is 9.32. The number of aromatic nitrogens is 2. The van der Waals surface area contributed by atoms with E-state index in [0.29, 0.717) is 47.4 Å². The fourth-order valence-corrected chi connectivity index (χ4v) is 5.36. The van der Waals surface area contributed by atoms with Gasteiger partial charge in [0.25, 0.3) is 0 Å². The second-order valence-electron chi connectivity index (χ2n) is 10.9. The zero-order chi connectivity index (χ0) is 31.2. The number of nitrogens with one attached hydrogen (secondary N) is 2. The molecule has 1 amide bonds. The van der Waals surface area contributed by atoms with E-state index in [0.717, 1.165) is 51.0 Å². The normalized spacial score (nSPS) is 17.2. The molecule has 1 aromatic heterocycles. The van der Waals surface area contributed by atoms with Crippen molar-refractivity contribution in [3.8, 4) is 5.75 Å². The number of methoxy groups -OCH3 is 1. The number of rotatable bonds is 11. The Hall–Kier alpha value is -4.33. The molecule has 11 nitrogen and oxygen atoms in total. The molecular formula is C31H38F2N8O3. The average molecular weight is 609 g/mol. The van der Waals surface area contributed by atoms with E-state index in [9.17, 15) is 13.6 Å². The fraction of sp³-hybridized carbons (Fsp3) is 0.387. The highest BCUT2D eigenvalue weighted by Crippen LogP contribution is 2.40. The van der Waals surface area contributed by atoms with Crippen molar-refractivity contribution in [3.05, 3.63) is 72.6 Å². The Kier molecular flexibility index (Phi) is 9.88. The van der Waals surface area contributed by atoms with Crippen LogP contribution in [0.5, 0.6) is 5.75 Å². The van der Waals surface area contributed by atoms with Crippen LogP contribution in [0.2, 0.25) is 0 Å². The second-order valence-corrected chi connectivity index (χ2v) is 10.9. The van der Waals surface area contributed by atoms with Crippen LogP contribution in [-0.2, 0) is 9.63 Å². The lowest BCUT2D eigenvalue weighted by Gasteiger charge is -2.37. The molecule has 5 rings (SSSR count). The first-order valence-electron chi connectivity index (χ1n) is 14.5. The molecule has 2 N–H and O–H groups in total. The van der Waals surface area contributed by atoms with Gasteiger partial charge in [-0.2, -0.15) is 0 Å². The van der Waals surface area contributed by atoms with Gasteiger partial charge in [-0.3, -0.25) is 14.5 Å². The molecule has 234 valence electrons. The molecule has 0 saturated carbocycles. The number of hydroxylamine groups is 1. The Balaban J connectivity index is 1.39. The summed E-state index contributed by atoms with van der Waals surface area (Å²) in [6, 6.07) is 8.40. The first-order chi connectivity index (χ1) is 21.2. The number of hydrogen-bond acceptors (Lipinski definition) is 10. The maximum absolute atomic E-state index is 14.6. The lowest BCUT2D eigenvalue weighted by atomic mass is 10.0. The van der Waals surface area contributed by atoms with Gasteiger partial charge in [0, 0.05) is 69.5 Å². The van der Waals surface area contributed by atoms with E-state index in [1.165, 1.54) is 29.6 Å². The number of hydrogen-bond donors (Lipinski definition) is 2. The molecule has 2 aliphatic heterocycles. The summed E-state index contributed by atoms with van der Waals surface area (Å²) < 4.78 is 33.9. The molecule has 0 spiro atoms. The van der Waals surface area contributed by atoms with Crippen LogP contribution in [0.25, 0.3) is 0 Å². The summed E-state index contributed by atoms with van der Waals surface area (Å²) in [5.41, 5.74) is 2.32. The Morgan fingerprint density at radius 1 is 1.14 bits per heavy atom. The molecular weight excluding hydrogens is 570 g/mol. The summed E-state index contributed by atoms with van der Waals surface area (Å²) in [7, 11) is 5.72. The van der Waals surface area contributed by atoms with Crippen LogP contribution in [0.15, 0.2) is 55.4 Å². The molecule has 3 heterocycles. The minimum Gasteiger partial charge on any atom is -0.494 e. The van der Waals surface area contributed by atoms with Crippen molar-refractivity contribution < 1.29 is 23.1 Å². The van der Waals surface area contributed by atoms with Crippen molar-refractivity contribution >= 4 is 34.6 Å². The topological polar surface area (TPSA) is 98.3 Å². The summed E-state index contributed by atoms with van der Waals surface area (Å²) in [6.07, 6.45) is 3.10. The molecule has 0 radical (unpaired) electrons. The molecule has 0 bridgehead atoms. The minimum atomic E-state index is -0.646. The van der Waals surface area contributed by atoms with Gasteiger partial charge in [0.1, 0.15) is 29.5 Å². The summed E-state index contributed by atoms with van der Waals surface area (Å²) in [5, 5.41) is 7.72. The van der Waals surface area contributed by atoms with Crippen molar-refractivity contribution in [2.75, 3.05) is 87.7 Å². The predicted octanol–water partition coefficient (Wildman–Crippen LogP) is 4.20. The van der Waals surface area contributed by atoms with Crippen LogP contribution in [0.3, 0.4) is 0 Å². The molecule has 1 atom stereocenters. The quantitative estimate of drug-likeness (QED) is 0.308. The lowest BCUT2D eigenvalue weighted by molar-refractivity contribution is -0.111. The van der Waals surface area contributed by atoms with E-state index < -0.39 is 17.7 Å². The summed E-state index contributed by atoms with van der Waals surface area (Å²) in [5.74, 6) is -0.248. The van der Waals surface area contributed by atoms with Crippen molar-refractivity contribution in [2.45, 2.75) is 12.5 Å². The number of halogens is 2. The Morgan fingerprint density at radius 3 is 2.64 bits per heavy atom. The van der Waals surface area contributed by atoms with Gasteiger partial charge in [-0.25, -0.2) is 23.8 Å². The minimum absolute atomic E-state index is 0.315. The largest absolute Gasteiger partial charge is 0.494 e. The number of anilines is 5. The van der Waals surface area contributed by atoms with Gasteiger partial charge in [-0.1, -0.05) is 12.6 Å². The van der Waals surface area contributed by atoms with Crippen LogP contribution in [0, 0.1) is 11.6 Å². The van der Waals surface area contributed by atoms with Gasteiger partial charge in [-0.05, 0) is 32.3 Å². The standard InChI is InChI=1S/C31H38F2N8O3/c1-5-31(42)37-24-17-25(28(43-4)18-27(24)40-13-11-39(12-14-40)10-9-38(2)3)36-29-19-30(35-20-34-29)41-26(8-15-44-41)22-7-6-21(32)16-23(22)33/h5-7,16-20,26H,1,8-15H2,2-4H3,(H,37,42)(H,34,35,36). The van der Waals surface area contributed by atoms with Crippen LogP contribution in [0.4, 0.5) is 37.5 Å². The van der Waals surface area contributed by atoms with Gasteiger partial charge >= 0.3 is 0 Å². The first kappa shape index (κ1) is 31.1. The van der Waals surface area contributed by atoms with E-state index in [1.807, 2.05) is 6.07 Å². The van der Waals surface area contributed by atoms with Crippen molar-refractivity contribution in [3.63, 3.8) is 0 Å². The third-order valence-corrected chi connectivity index (χ3v) is 7.70. The van der Waals surface area contributed by atoms with Gasteiger partial charge in [0.15, 0.2) is 5.82 Å². The van der Waals surface area contributed by atoms with Gasteiger partial charge in [-0.15, -0.1) is 0 Å². The molecule has 0 aliphatic carbocycles. The van der Waals surface area contributed by atoms with E-state index in [-0.39, 0.29) is 5.91 Å². The highest BCUT2D eigenvalue weighted by molar-refractivity contribution is 6.02. The molecule has 2 saturated heterocycles. The lowest BCUT2D eigenvalue weighted by Crippen LogP contribution is -2.48. The highest BCUT2D eigenvalue weighted by Gasteiger charge is 2.31. The number of ether oxygens (including phenoxy) is 1. The third kappa shape index (κ3) is 7.24. The molecule has 3 aromatic rings. The Morgan fingerprint density at radius 2 is 1.93 bits per heavy atom. The molecule has 2 aliphatic rings. The van der Waals surface area contributed by atoms with Gasteiger partial charge in [0.05, 0.1) is 36.8 Å². The van der Waals surface area contributed by atoms with E-state index in [4.69, 9.17) is 9.57 Å². The number of carbonyl (C=O) groups excluding carboxylic acids is 1. The number of benzene rings is 2. The van der Waals surface area contributed by atoms with Crippen LogP contribution in [0.1, 0.15) is 18.0 Å². The van der Waals surface area contributed by atoms with Gasteiger partial charge < -0.3 is 25.2 Å². The number of carbonyl (C=O) groups is 1.